The van der Waals surface area contributed by atoms with Crippen molar-refractivity contribution in [1.82, 2.24) is 4.98 Å². The number of anilines is 2. The first-order chi connectivity index (χ1) is 16.0. The number of H-pyrrole nitrogens is 1. The molecule has 0 aliphatic carbocycles. The zero-order valence-electron chi connectivity index (χ0n) is 18.3. The molecule has 0 atom stereocenters. The second-order valence-electron chi connectivity index (χ2n) is 7.44. The molecule has 0 spiro atoms. The number of esters is 1. The van der Waals surface area contributed by atoms with E-state index in [0.29, 0.717) is 22.7 Å². The second kappa shape index (κ2) is 9.70. The van der Waals surface area contributed by atoms with Crippen LogP contribution in [0.1, 0.15) is 28.6 Å². The van der Waals surface area contributed by atoms with Crippen LogP contribution in [0.2, 0.25) is 0 Å². The van der Waals surface area contributed by atoms with Gasteiger partial charge >= 0.3 is 5.97 Å². The number of aromatic amines is 1. The van der Waals surface area contributed by atoms with Crippen molar-refractivity contribution in [2.75, 3.05) is 16.8 Å². The van der Waals surface area contributed by atoms with Gasteiger partial charge in [0.2, 0.25) is 0 Å². The highest BCUT2D eigenvalue weighted by atomic mass is 32.1. The van der Waals surface area contributed by atoms with Gasteiger partial charge in [-0.05, 0) is 68.5 Å². The Morgan fingerprint density at radius 2 is 1.97 bits per heavy atom. The van der Waals surface area contributed by atoms with Crippen LogP contribution in [-0.2, 0) is 11.3 Å². The summed E-state index contributed by atoms with van der Waals surface area (Å²) < 4.78 is 10.7. The van der Waals surface area contributed by atoms with Crippen molar-refractivity contribution >= 4 is 45.6 Å². The molecule has 8 heteroatoms. The molecule has 2 aromatic heterocycles. The van der Waals surface area contributed by atoms with Crippen molar-refractivity contribution in [2.24, 2.45) is 0 Å². The maximum Gasteiger partial charge on any atom is 0.340 e. The van der Waals surface area contributed by atoms with E-state index in [4.69, 9.17) is 21.4 Å². The Morgan fingerprint density at radius 3 is 2.73 bits per heavy atom. The first-order valence-electron chi connectivity index (χ1n) is 10.5. The zero-order valence-corrected chi connectivity index (χ0v) is 19.1. The first kappa shape index (κ1) is 22.3. The van der Waals surface area contributed by atoms with Crippen molar-refractivity contribution < 1.29 is 13.9 Å². The number of furan rings is 1. The van der Waals surface area contributed by atoms with Crippen molar-refractivity contribution in [2.45, 2.75) is 20.4 Å². The number of rotatable bonds is 6. The van der Waals surface area contributed by atoms with Gasteiger partial charge in [0.15, 0.2) is 5.11 Å². The molecular formula is C25H23N3O4S. The van der Waals surface area contributed by atoms with E-state index in [1.165, 1.54) is 0 Å². The number of fused-ring (bicyclic) bond motifs is 1. The van der Waals surface area contributed by atoms with E-state index in [9.17, 15) is 9.59 Å². The van der Waals surface area contributed by atoms with Gasteiger partial charge in [-0.15, -0.1) is 0 Å². The lowest BCUT2D eigenvalue weighted by Gasteiger charge is -2.25. The fourth-order valence-corrected chi connectivity index (χ4v) is 3.77. The Hall–Kier alpha value is -3.91. The highest BCUT2D eigenvalue weighted by Gasteiger charge is 2.21. The molecule has 0 unspecified atom stereocenters. The van der Waals surface area contributed by atoms with Crippen LogP contribution in [0.25, 0.3) is 10.9 Å². The second-order valence-corrected chi connectivity index (χ2v) is 7.82. The minimum atomic E-state index is -0.458. The number of ether oxygens (including phenoxy) is 1. The van der Waals surface area contributed by atoms with Gasteiger partial charge in [-0.2, -0.15) is 0 Å². The number of aryl methyl sites for hydroxylation is 1. The van der Waals surface area contributed by atoms with Crippen molar-refractivity contribution in [3.63, 3.8) is 0 Å². The van der Waals surface area contributed by atoms with Crippen molar-refractivity contribution in [3.8, 4) is 0 Å². The van der Waals surface area contributed by atoms with Crippen LogP contribution in [0.15, 0.2) is 76.1 Å². The van der Waals surface area contributed by atoms with Gasteiger partial charge in [0.1, 0.15) is 11.4 Å². The summed E-state index contributed by atoms with van der Waals surface area (Å²) in [4.78, 5) is 30.0. The minimum absolute atomic E-state index is 0.223. The summed E-state index contributed by atoms with van der Waals surface area (Å²) in [6.45, 7) is 4.22. The summed E-state index contributed by atoms with van der Waals surface area (Å²) in [7, 11) is 0. The summed E-state index contributed by atoms with van der Waals surface area (Å²) in [5.74, 6) is 0.168. The molecule has 0 radical (unpaired) electrons. The molecule has 0 fully saturated rings. The first-order valence-corrected chi connectivity index (χ1v) is 10.9. The quantitative estimate of drug-likeness (QED) is 0.308. The topological polar surface area (TPSA) is 87.6 Å². The summed E-state index contributed by atoms with van der Waals surface area (Å²) in [5.41, 5.74) is 2.71. The average molecular weight is 462 g/mol. The third-order valence-electron chi connectivity index (χ3n) is 5.07. The van der Waals surface area contributed by atoms with Gasteiger partial charge in [0.25, 0.3) is 5.56 Å². The highest BCUT2D eigenvalue weighted by Crippen LogP contribution is 2.23. The Bertz CT molecular complexity index is 1360. The Balaban J connectivity index is 1.74. The van der Waals surface area contributed by atoms with Crippen LogP contribution in [0.5, 0.6) is 0 Å². The van der Waals surface area contributed by atoms with Crippen molar-refractivity contribution in [3.05, 3.63) is 94.2 Å². The normalized spacial score (nSPS) is 10.7. The molecular weight excluding hydrogens is 438 g/mol. The SMILES string of the molecule is CCOC(=O)c1ccccc1NC(=S)N(Cc1ccco1)c1cc2cc(C)ccc2[nH]c1=O. The molecule has 168 valence electrons. The van der Waals surface area contributed by atoms with Gasteiger partial charge in [-0.25, -0.2) is 4.79 Å². The molecule has 0 saturated carbocycles. The van der Waals surface area contributed by atoms with Crippen LogP contribution in [0, 0.1) is 6.92 Å². The van der Waals surface area contributed by atoms with Crippen LogP contribution >= 0.6 is 12.2 Å². The fraction of sp³-hybridized carbons (Fsp3) is 0.160. The number of nitrogens with one attached hydrogen (secondary N) is 2. The number of hydrogen-bond donors (Lipinski definition) is 2. The third-order valence-corrected chi connectivity index (χ3v) is 5.40. The molecule has 7 nitrogen and oxygen atoms in total. The predicted octanol–water partition coefficient (Wildman–Crippen LogP) is 5.01. The third kappa shape index (κ3) is 4.96. The monoisotopic (exact) mass is 461 g/mol. The number of hydrogen-bond acceptors (Lipinski definition) is 5. The maximum absolute atomic E-state index is 13.0. The van der Waals surface area contributed by atoms with Gasteiger partial charge in [0, 0.05) is 10.9 Å². The summed E-state index contributed by atoms with van der Waals surface area (Å²) in [5, 5.41) is 4.22. The summed E-state index contributed by atoms with van der Waals surface area (Å²) in [6.07, 6.45) is 1.56. The number of benzene rings is 2. The molecule has 2 aromatic carbocycles. The number of aromatic nitrogens is 1. The van der Waals surface area contributed by atoms with Gasteiger partial charge in [-0.1, -0.05) is 23.8 Å². The largest absolute Gasteiger partial charge is 0.467 e. The van der Waals surface area contributed by atoms with Crippen LogP contribution in [-0.4, -0.2) is 22.7 Å². The molecule has 2 heterocycles. The molecule has 0 aliphatic heterocycles. The molecule has 0 saturated heterocycles. The van der Waals surface area contributed by atoms with Crippen LogP contribution in [0.3, 0.4) is 0 Å². The number of para-hydroxylation sites is 1. The van der Waals surface area contributed by atoms with E-state index in [2.05, 4.69) is 10.3 Å². The number of thiocarbonyl (C=S) groups is 1. The lowest BCUT2D eigenvalue weighted by atomic mass is 10.1. The molecule has 0 amide bonds. The lowest BCUT2D eigenvalue weighted by Crippen LogP contribution is -2.38. The minimum Gasteiger partial charge on any atom is -0.467 e. The van der Waals surface area contributed by atoms with E-state index < -0.39 is 5.97 Å². The molecule has 4 aromatic rings. The number of pyridine rings is 1. The van der Waals surface area contributed by atoms with Crippen LogP contribution in [0.4, 0.5) is 11.4 Å². The molecule has 2 N–H and O–H groups in total. The van der Waals surface area contributed by atoms with Gasteiger partial charge in [-0.3, -0.25) is 4.79 Å². The Labute approximate surface area is 196 Å². The smallest absolute Gasteiger partial charge is 0.340 e. The predicted molar refractivity (Wildman–Crippen MR) is 133 cm³/mol. The van der Waals surface area contributed by atoms with Gasteiger partial charge in [0.05, 0.1) is 30.7 Å². The van der Waals surface area contributed by atoms with E-state index in [1.54, 1.807) is 54.5 Å². The number of carbonyl (C=O) groups excluding carboxylic acids is 1. The highest BCUT2D eigenvalue weighted by molar-refractivity contribution is 7.80. The zero-order chi connectivity index (χ0) is 23.4. The number of nitrogens with zero attached hydrogens (tertiary/aromatic N) is 1. The lowest BCUT2D eigenvalue weighted by molar-refractivity contribution is 0.0527. The molecule has 33 heavy (non-hydrogen) atoms. The Kier molecular flexibility index (Phi) is 6.55. The van der Waals surface area contributed by atoms with Crippen molar-refractivity contribution in [1.29, 1.82) is 0 Å². The molecule has 0 aliphatic rings. The van der Waals surface area contributed by atoms with Gasteiger partial charge < -0.3 is 24.4 Å². The summed E-state index contributed by atoms with van der Waals surface area (Å²) in [6, 6.07) is 18.1. The van der Waals surface area contributed by atoms with E-state index in [0.717, 1.165) is 16.5 Å². The number of carbonyl (C=O) groups is 1. The maximum atomic E-state index is 13.0. The molecule has 4 rings (SSSR count). The van der Waals surface area contributed by atoms with Crippen LogP contribution < -0.4 is 15.8 Å². The fourth-order valence-electron chi connectivity index (χ4n) is 3.50. The van der Waals surface area contributed by atoms with E-state index >= 15 is 0 Å². The average Bonchev–Trinajstić information content (AvgIpc) is 3.31. The van der Waals surface area contributed by atoms with E-state index in [1.807, 2.05) is 31.2 Å². The standard InChI is InChI=1S/C25H23N3O4S/c1-3-31-24(30)19-8-4-5-9-21(19)27-25(33)28(15-18-7-6-12-32-18)22-14-17-13-16(2)10-11-20(17)26-23(22)29/h4-14H,3,15H2,1-2H3,(H,26,29)(H,27,33). The van der Waals surface area contributed by atoms with E-state index in [-0.39, 0.29) is 23.8 Å². The summed E-state index contributed by atoms with van der Waals surface area (Å²) >= 11 is 5.70. The molecule has 0 bridgehead atoms. The Morgan fingerprint density at radius 1 is 1.15 bits per heavy atom.